The maximum Gasteiger partial charge on any atom is 0.147 e. The van der Waals surface area contributed by atoms with Crippen LogP contribution in [0, 0.1) is 17.2 Å². The molecule has 0 aliphatic heterocycles. The van der Waals surface area contributed by atoms with Gasteiger partial charge in [-0.25, -0.2) is 4.98 Å². The summed E-state index contributed by atoms with van der Waals surface area (Å²) < 4.78 is 0. The smallest absolute Gasteiger partial charge is 0.147 e. The molecule has 5 heteroatoms. The molecule has 16 heavy (non-hydrogen) atoms. The van der Waals surface area contributed by atoms with E-state index in [-0.39, 0.29) is 5.92 Å². The van der Waals surface area contributed by atoms with Crippen LogP contribution in [0.4, 0.5) is 5.82 Å². The second kappa shape index (κ2) is 5.93. The summed E-state index contributed by atoms with van der Waals surface area (Å²) in [5.41, 5.74) is 0. The lowest BCUT2D eigenvalue weighted by Crippen LogP contribution is -2.28. The molecular formula is C11H13Cl2N3. The van der Waals surface area contributed by atoms with Gasteiger partial charge in [0.05, 0.1) is 22.0 Å². The van der Waals surface area contributed by atoms with E-state index in [0.717, 1.165) is 6.54 Å². The van der Waals surface area contributed by atoms with Gasteiger partial charge in [0.25, 0.3) is 0 Å². The number of rotatable bonds is 4. The fourth-order valence-corrected chi connectivity index (χ4v) is 1.88. The zero-order chi connectivity index (χ0) is 12.1. The summed E-state index contributed by atoms with van der Waals surface area (Å²) in [7, 11) is 0. The molecule has 3 nitrogen and oxygen atoms in total. The van der Waals surface area contributed by atoms with Crippen LogP contribution in [0.3, 0.4) is 0 Å². The highest BCUT2D eigenvalue weighted by molar-refractivity contribution is 6.36. The molecule has 0 saturated carbocycles. The van der Waals surface area contributed by atoms with Gasteiger partial charge in [0.1, 0.15) is 5.82 Å². The van der Waals surface area contributed by atoms with Crippen molar-refractivity contribution in [3.05, 3.63) is 22.3 Å². The molecule has 0 radical (unpaired) electrons. The Morgan fingerprint density at radius 3 is 2.75 bits per heavy atom. The monoisotopic (exact) mass is 257 g/mol. The van der Waals surface area contributed by atoms with Crippen LogP contribution in [0.2, 0.25) is 10.0 Å². The van der Waals surface area contributed by atoms with Crippen LogP contribution < -0.4 is 4.90 Å². The third-order valence-electron chi connectivity index (χ3n) is 2.18. The highest BCUT2D eigenvalue weighted by atomic mass is 35.5. The molecule has 0 saturated heterocycles. The molecule has 1 unspecified atom stereocenters. The number of nitrogens with zero attached hydrogens (tertiary/aromatic N) is 3. The van der Waals surface area contributed by atoms with Gasteiger partial charge >= 0.3 is 0 Å². The fourth-order valence-electron chi connectivity index (χ4n) is 1.38. The van der Waals surface area contributed by atoms with Gasteiger partial charge in [-0.05, 0) is 19.9 Å². The van der Waals surface area contributed by atoms with E-state index in [2.05, 4.69) is 11.1 Å². The Morgan fingerprint density at radius 2 is 2.25 bits per heavy atom. The molecule has 1 aromatic rings. The van der Waals surface area contributed by atoms with Crippen molar-refractivity contribution in [2.45, 2.75) is 13.8 Å². The first-order valence-corrected chi connectivity index (χ1v) is 5.79. The van der Waals surface area contributed by atoms with Gasteiger partial charge in [0, 0.05) is 19.3 Å². The zero-order valence-corrected chi connectivity index (χ0v) is 10.8. The molecule has 0 spiro atoms. The van der Waals surface area contributed by atoms with E-state index < -0.39 is 0 Å². The number of halogens is 2. The Balaban J connectivity index is 2.91. The van der Waals surface area contributed by atoms with Gasteiger partial charge in [-0.2, -0.15) is 5.26 Å². The van der Waals surface area contributed by atoms with Crippen LogP contribution >= 0.6 is 23.2 Å². The van der Waals surface area contributed by atoms with Crippen molar-refractivity contribution in [3.8, 4) is 6.07 Å². The molecule has 0 aromatic carbocycles. The molecule has 1 aromatic heterocycles. The van der Waals surface area contributed by atoms with Gasteiger partial charge in [0.15, 0.2) is 0 Å². The van der Waals surface area contributed by atoms with E-state index in [1.54, 1.807) is 12.3 Å². The first-order chi connectivity index (χ1) is 7.58. The average Bonchev–Trinajstić information content (AvgIpc) is 2.26. The van der Waals surface area contributed by atoms with E-state index in [0.29, 0.717) is 22.4 Å². The molecule has 0 bridgehead atoms. The van der Waals surface area contributed by atoms with Crippen molar-refractivity contribution in [1.29, 1.82) is 5.26 Å². The number of hydrogen-bond acceptors (Lipinski definition) is 3. The lowest BCUT2D eigenvalue weighted by atomic mass is 10.2. The average molecular weight is 258 g/mol. The molecule has 0 aliphatic rings. The van der Waals surface area contributed by atoms with Crippen LogP contribution in [0.5, 0.6) is 0 Å². The summed E-state index contributed by atoms with van der Waals surface area (Å²) in [6.07, 6.45) is 1.56. The van der Waals surface area contributed by atoms with E-state index in [4.69, 9.17) is 28.5 Å². The van der Waals surface area contributed by atoms with Crippen LogP contribution in [-0.2, 0) is 0 Å². The second-order valence-electron chi connectivity index (χ2n) is 3.53. The van der Waals surface area contributed by atoms with Gasteiger partial charge < -0.3 is 4.90 Å². The van der Waals surface area contributed by atoms with E-state index in [9.17, 15) is 0 Å². The molecule has 86 valence electrons. The molecule has 1 heterocycles. The highest BCUT2D eigenvalue weighted by Gasteiger charge is 2.13. The van der Waals surface area contributed by atoms with Crippen LogP contribution in [-0.4, -0.2) is 18.1 Å². The van der Waals surface area contributed by atoms with Gasteiger partial charge in [-0.3, -0.25) is 0 Å². The van der Waals surface area contributed by atoms with Crippen molar-refractivity contribution in [2.24, 2.45) is 5.92 Å². The summed E-state index contributed by atoms with van der Waals surface area (Å²) in [5, 5.41) is 9.81. The number of hydrogen-bond donors (Lipinski definition) is 0. The Morgan fingerprint density at radius 1 is 1.56 bits per heavy atom. The predicted octanol–water partition coefficient (Wildman–Crippen LogP) is 3.37. The minimum Gasteiger partial charge on any atom is -0.354 e. The standard InChI is InChI=1S/C11H13Cl2N3/c1-3-16(7-8(2)5-14)11-10(13)4-9(12)6-15-11/h4,6,8H,3,7H2,1-2H3. The number of aromatic nitrogens is 1. The van der Waals surface area contributed by atoms with Gasteiger partial charge in [-0.1, -0.05) is 23.2 Å². The highest BCUT2D eigenvalue weighted by Crippen LogP contribution is 2.26. The molecule has 1 rings (SSSR count). The third kappa shape index (κ3) is 3.26. The largest absolute Gasteiger partial charge is 0.354 e. The van der Waals surface area contributed by atoms with E-state index in [1.807, 2.05) is 18.7 Å². The Bertz CT molecular complexity index is 401. The minimum absolute atomic E-state index is 0.0616. The maximum atomic E-state index is 8.79. The lowest BCUT2D eigenvalue weighted by Gasteiger charge is -2.23. The van der Waals surface area contributed by atoms with Crippen LogP contribution in [0.1, 0.15) is 13.8 Å². The Hall–Kier alpha value is -0.980. The zero-order valence-electron chi connectivity index (χ0n) is 9.24. The van der Waals surface area contributed by atoms with E-state index >= 15 is 0 Å². The SMILES string of the molecule is CCN(CC(C)C#N)c1ncc(Cl)cc1Cl. The van der Waals surface area contributed by atoms with Crippen molar-refractivity contribution in [3.63, 3.8) is 0 Å². The second-order valence-corrected chi connectivity index (χ2v) is 4.37. The predicted molar refractivity (Wildman–Crippen MR) is 66.9 cm³/mol. The summed E-state index contributed by atoms with van der Waals surface area (Å²) in [6.45, 7) is 5.23. The van der Waals surface area contributed by atoms with Crippen molar-refractivity contribution in [2.75, 3.05) is 18.0 Å². The number of anilines is 1. The Kier molecular flexibility index (Phi) is 4.85. The fraction of sp³-hybridized carbons (Fsp3) is 0.455. The van der Waals surface area contributed by atoms with Crippen LogP contribution in [0.25, 0.3) is 0 Å². The van der Waals surface area contributed by atoms with Gasteiger partial charge in [0.2, 0.25) is 0 Å². The van der Waals surface area contributed by atoms with Crippen molar-refractivity contribution in [1.82, 2.24) is 4.98 Å². The maximum absolute atomic E-state index is 8.79. The van der Waals surface area contributed by atoms with Crippen molar-refractivity contribution >= 4 is 29.0 Å². The lowest BCUT2D eigenvalue weighted by molar-refractivity contribution is 0.679. The van der Waals surface area contributed by atoms with Crippen LogP contribution in [0.15, 0.2) is 12.3 Å². The van der Waals surface area contributed by atoms with Gasteiger partial charge in [-0.15, -0.1) is 0 Å². The summed E-state index contributed by atoms with van der Waals surface area (Å²) in [5.74, 6) is 0.615. The first-order valence-electron chi connectivity index (χ1n) is 5.04. The third-order valence-corrected chi connectivity index (χ3v) is 2.67. The normalized spacial score (nSPS) is 11.9. The molecule has 0 fully saturated rings. The van der Waals surface area contributed by atoms with E-state index in [1.165, 1.54) is 0 Å². The molecular weight excluding hydrogens is 245 g/mol. The molecule has 0 N–H and O–H groups in total. The summed E-state index contributed by atoms with van der Waals surface area (Å²) in [6, 6.07) is 3.85. The topological polar surface area (TPSA) is 39.9 Å². The van der Waals surface area contributed by atoms with Crippen molar-refractivity contribution < 1.29 is 0 Å². The molecule has 0 amide bonds. The Labute approximate surface area is 106 Å². The first kappa shape index (κ1) is 13.1. The molecule has 0 aliphatic carbocycles. The number of pyridine rings is 1. The summed E-state index contributed by atoms with van der Waals surface area (Å²) >= 11 is 11.8. The minimum atomic E-state index is -0.0616. The molecule has 1 atom stereocenters. The number of nitriles is 1. The quantitative estimate of drug-likeness (QED) is 0.831. The summed E-state index contributed by atoms with van der Waals surface area (Å²) in [4.78, 5) is 6.15.